The van der Waals surface area contributed by atoms with Gasteiger partial charge >= 0.3 is 5.97 Å². The highest BCUT2D eigenvalue weighted by Crippen LogP contribution is 2.15. The van der Waals surface area contributed by atoms with Gasteiger partial charge in [-0.15, -0.1) is 0 Å². The highest BCUT2D eigenvalue weighted by molar-refractivity contribution is 9.10. The largest absolute Gasteiger partial charge is 0.481 e. The average molecular weight is 375 g/mol. The minimum atomic E-state index is -0.754. The van der Waals surface area contributed by atoms with E-state index >= 15 is 0 Å². The fourth-order valence-electron chi connectivity index (χ4n) is 2.12. The molecule has 0 spiro atoms. The summed E-state index contributed by atoms with van der Waals surface area (Å²) in [6.45, 7) is 0. The molecule has 0 fully saturated rings. The van der Waals surface area contributed by atoms with Crippen molar-refractivity contribution in [2.24, 2.45) is 5.10 Å². The molecule has 2 aromatic rings. The molecule has 4 nitrogen and oxygen atoms in total. The van der Waals surface area contributed by atoms with Gasteiger partial charge in [-0.1, -0.05) is 46.3 Å². The monoisotopic (exact) mass is 374 g/mol. The first-order valence-electron chi connectivity index (χ1n) is 7.50. The number of unbranched alkanes of at least 4 members (excludes halogenated alkanes) is 1. The molecular formula is C18H19BrN2O2. The number of hydrogen-bond acceptors (Lipinski definition) is 3. The first-order chi connectivity index (χ1) is 11.1. The first kappa shape index (κ1) is 17.2. The number of halogens is 1. The molecule has 0 amide bonds. The van der Waals surface area contributed by atoms with Crippen LogP contribution in [0.3, 0.4) is 0 Å². The lowest BCUT2D eigenvalue weighted by atomic mass is 10.0. The maximum Gasteiger partial charge on any atom is 0.303 e. The Labute approximate surface area is 144 Å². The van der Waals surface area contributed by atoms with Crippen LogP contribution in [0.5, 0.6) is 0 Å². The predicted molar refractivity (Wildman–Crippen MR) is 96.8 cm³/mol. The number of hydrogen-bond donors (Lipinski definition) is 2. The Hall–Kier alpha value is -2.14. The molecule has 0 unspecified atom stereocenters. The molecule has 0 atom stereocenters. The minimum Gasteiger partial charge on any atom is -0.481 e. The molecule has 0 heterocycles. The molecular weight excluding hydrogens is 356 g/mol. The highest BCUT2D eigenvalue weighted by atomic mass is 79.9. The number of carboxylic acids is 1. The quantitative estimate of drug-likeness (QED) is 0.392. The van der Waals surface area contributed by atoms with Gasteiger partial charge in [0.2, 0.25) is 0 Å². The summed E-state index contributed by atoms with van der Waals surface area (Å²) in [5.74, 6) is -0.754. The third-order valence-corrected chi connectivity index (χ3v) is 3.85. The summed E-state index contributed by atoms with van der Waals surface area (Å²) < 4.78 is 1.02. The molecule has 0 aliphatic carbocycles. The lowest BCUT2D eigenvalue weighted by Crippen LogP contribution is -2.05. The summed E-state index contributed by atoms with van der Waals surface area (Å²) in [7, 11) is 0. The molecule has 0 radical (unpaired) electrons. The molecule has 0 saturated heterocycles. The third kappa shape index (κ3) is 6.24. The molecule has 120 valence electrons. The second-order valence-corrected chi connectivity index (χ2v) is 6.06. The molecule has 0 aliphatic heterocycles. The topological polar surface area (TPSA) is 61.7 Å². The van der Waals surface area contributed by atoms with Crippen molar-refractivity contribution in [3.63, 3.8) is 0 Å². The number of benzene rings is 2. The zero-order valence-corrected chi connectivity index (χ0v) is 14.3. The molecule has 5 heteroatoms. The molecule has 0 aliphatic rings. The summed E-state index contributed by atoms with van der Waals surface area (Å²) in [5, 5.41) is 13.2. The SMILES string of the molecule is O=C(O)CCCC/C(=N\Nc1ccc(Br)cc1)c1ccccc1. The van der Waals surface area contributed by atoms with Crippen LogP contribution in [0.2, 0.25) is 0 Å². The lowest BCUT2D eigenvalue weighted by Gasteiger charge is -2.08. The summed E-state index contributed by atoms with van der Waals surface area (Å²) in [4.78, 5) is 10.6. The summed E-state index contributed by atoms with van der Waals surface area (Å²) in [6, 6.07) is 17.7. The molecule has 0 bridgehead atoms. The third-order valence-electron chi connectivity index (χ3n) is 3.33. The summed E-state index contributed by atoms with van der Waals surface area (Å²) in [6.07, 6.45) is 2.38. The van der Waals surface area contributed by atoms with E-state index < -0.39 is 5.97 Å². The second-order valence-electron chi connectivity index (χ2n) is 5.14. The van der Waals surface area contributed by atoms with E-state index in [2.05, 4.69) is 26.5 Å². The van der Waals surface area contributed by atoms with Crippen molar-refractivity contribution >= 4 is 33.3 Å². The number of carbonyl (C=O) groups is 1. The number of carboxylic acid groups (broad SMARTS) is 1. The van der Waals surface area contributed by atoms with Crippen molar-refractivity contribution in [2.75, 3.05) is 5.43 Å². The number of rotatable bonds is 8. The van der Waals surface area contributed by atoms with E-state index in [4.69, 9.17) is 5.11 Å². The highest BCUT2D eigenvalue weighted by Gasteiger charge is 2.05. The summed E-state index contributed by atoms with van der Waals surface area (Å²) >= 11 is 3.40. The number of nitrogens with zero attached hydrogens (tertiary/aromatic N) is 1. The van der Waals surface area contributed by atoms with E-state index in [9.17, 15) is 4.79 Å². The van der Waals surface area contributed by atoms with Crippen molar-refractivity contribution in [1.82, 2.24) is 0 Å². The van der Waals surface area contributed by atoms with Gasteiger partial charge in [-0.05, 0) is 49.1 Å². The van der Waals surface area contributed by atoms with Crippen LogP contribution in [-0.2, 0) is 4.79 Å². The van der Waals surface area contributed by atoms with Crippen LogP contribution in [0.15, 0.2) is 64.2 Å². The van der Waals surface area contributed by atoms with Crippen LogP contribution in [0.4, 0.5) is 5.69 Å². The van der Waals surface area contributed by atoms with Crippen molar-refractivity contribution in [3.8, 4) is 0 Å². The average Bonchev–Trinajstić information content (AvgIpc) is 2.56. The van der Waals surface area contributed by atoms with E-state index in [1.165, 1.54) is 0 Å². The Morgan fingerprint density at radius 1 is 1.00 bits per heavy atom. The van der Waals surface area contributed by atoms with E-state index in [-0.39, 0.29) is 6.42 Å². The van der Waals surface area contributed by atoms with Gasteiger partial charge in [0.15, 0.2) is 0 Å². The number of anilines is 1. The molecule has 0 saturated carbocycles. The van der Waals surface area contributed by atoms with Gasteiger partial charge in [0.1, 0.15) is 0 Å². The zero-order valence-electron chi connectivity index (χ0n) is 12.7. The van der Waals surface area contributed by atoms with Crippen LogP contribution >= 0.6 is 15.9 Å². The lowest BCUT2D eigenvalue weighted by molar-refractivity contribution is -0.137. The number of aliphatic carboxylic acids is 1. The smallest absolute Gasteiger partial charge is 0.303 e. The van der Waals surface area contributed by atoms with Crippen molar-refractivity contribution in [2.45, 2.75) is 25.7 Å². The summed E-state index contributed by atoms with van der Waals surface area (Å²) in [5.41, 5.74) is 5.96. The Kier molecular flexibility index (Phi) is 6.81. The fraction of sp³-hybridized carbons (Fsp3) is 0.222. The first-order valence-corrected chi connectivity index (χ1v) is 8.30. The minimum absolute atomic E-state index is 0.197. The second kappa shape index (κ2) is 9.10. The Morgan fingerprint density at radius 3 is 2.30 bits per heavy atom. The number of nitrogens with one attached hydrogen (secondary N) is 1. The molecule has 2 aromatic carbocycles. The van der Waals surface area contributed by atoms with Gasteiger partial charge in [-0.3, -0.25) is 10.2 Å². The van der Waals surface area contributed by atoms with Crippen LogP contribution < -0.4 is 5.43 Å². The van der Waals surface area contributed by atoms with Gasteiger partial charge in [0.25, 0.3) is 0 Å². The maximum absolute atomic E-state index is 10.6. The number of hydrazone groups is 1. The van der Waals surface area contributed by atoms with Crippen LogP contribution in [-0.4, -0.2) is 16.8 Å². The van der Waals surface area contributed by atoms with Gasteiger partial charge in [0, 0.05) is 10.9 Å². The normalized spacial score (nSPS) is 11.3. The molecule has 2 rings (SSSR count). The zero-order chi connectivity index (χ0) is 16.5. The van der Waals surface area contributed by atoms with Crippen molar-refractivity contribution in [1.29, 1.82) is 0 Å². The van der Waals surface area contributed by atoms with Gasteiger partial charge in [-0.2, -0.15) is 5.10 Å². The van der Waals surface area contributed by atoms with E-state index in [0.29, 0.717) is 6.42 Å². The van der Waals surface area contributed by atoms with E-state index in [0.717, 1.165) is 34.3 Å². The van der Waals surface area contributed by atoms with Crippen LogP contribution in [0, 0.1) is 0 Å². The van der Waals surface area contributed by atoms with E-state index in [1.54, 1.807) is 0 Å². The Balaban J connectivity index is 2.04. The van der Waals surface area contributed by atoms with Crippen LogP contribution in [0.25, 0.3) is 0 Å². The van der Waals surface area contributed by atoms with Crippen molar-refractivity contribution in [3.05, 3.63) is 64.6 Å². The van der Waals surface area contributed by atoms with Gasteiger partial charge in [0.05, 0.1) is 11.4 Å². The van der Waals surface area contributed by atoms with Gasteiger partial charge < -0.3 is 5.11 Å². The van der Waals surface area contributed by atoms with Crippen LogP contribution in [0.1, 0.15) is 31.2 Å². The van der Waals surface area contributed by atoms with E-state index in [1.807, 2.05) is 54.6 Å². The fourth-order valence-corrected chi connectivity index (χ4v) is 2.38. The van der Waals surface area contributed by atoms with Crippen molar-refractivity contribution < 1.29 is 9.90 Å². The standard InChI is InChI=1S/C18H19BrN2O2/c19-15-10-12-16(13-11-15)20-21-17(8-4-5-9-18(22)23)14-6-2-1-3-7-14/h1-3,6-7,10-13,20H,4-5,8-9H2,(H,22,23)/b21-17+. The van der Waals surface area contributed by atoms with Gasteiger partial charge in [-0.25, -0.2) is 0 Å². The Morgan fingerprint density at radius 2 is 1.65 bits per heavy atom. The molecule has 0 aromatic heterocycles. The predicted octanol–water partition coefficient (Wildman–Crippen LogP) is 4.91. The Bertz CT molecular complexity index is 654. The maximum atomic E-state index is 10.6. The molecule has 23 heavy (non-hydrogen) atoms. The molecule has 2 N–H and O–H groups in total.